The fourth-order valence-electron chi connectivity index (χ4n) is 15.4. The third-order valence-corrected chi connectivity index (χ3v) is 24.0. The van der Waals surface area contributed by atoms with Gasteiger partial charge in [-0.05, 0) is 186 Å². The SMILES string of the molecule is CC(C)c1ccnc(C2CCOCC2)n1.CC(C)c1ccnc(N2CC(N(C)C)C2)n1.CC(C)c1ccnc(N2CCN(C)C[C@@H]2C)n1.CC(C)c1ccnc(N2CCN(C3CC3)CC2)n1.CC(C)c1ccnc(N2CCN(C3COC3)CC2)n1.COc1ccc(-c2cc(C(C)C)cnn2)cc1OC.Cc1nnc(-c2ccc3c(cnn3C)c2)cc1C(C)C. The summed E-state index contributed by atoms with van der Waals surface area (Å²) >= 11 is 0. The Hall–Kier alpha value is -9.97. The number of aryl methyl sites for hydroxylation is 2. The minimum atomic E-state index is 0.425. The van der Waals surface area contributed by atoms with Crippen LogP contribution in [0.5, 0.6) is 11.5 Å². The highest BCUT2D eigenvalue weighted by Crippen LogP contribution is 2.35. The van der Waals surface area contributed by atoms with Gasteiger partial charge in [0.25, 0.3) is 0 Å². The Morgan fingerprint density at radius 2 is 0.935 bits per heavy atom. The van der Waals surface area contributed by atoms with Gasteiger partial charge in [-0.15, -0.1) is 0 Å². The van der Waals surface area contributed by atoms with Crippen molar-refractivity contribution in [2.45, 2.75) is 208 Å². The average molecular weight is 1690 g/mol. The van der Waals surface area contributed by atoms with Gasteiger partial charge in [-0.1, -0.05) is 103 Å². The van der Waals surface area contributed by atoms with E-state index in [9.17, 15) is 0 Å². The van der Waals surface area contributed by atoms with E-state index < -0.39 is 0 Å². The molecule has 8 aromatic heterocycles. The molecule has 7 fully saturated rings. The molecule has 0 unspecified atom stereocenters. The molecule has 28 heteroatoms. The molecule has 6 aliphatic heterocycles. The standard InChI is InChI=1S/C16H18N4.C15H18N2O2.C14H22N4O.C14H22N4.C13H22N4.C12H20N4.C12H18N2O/c1-10(2)14-8-15(19-18-11(14)3)12-5-6-16-13(7-12)9-17-20(16)4;1-10(2)12-7-13(17-16-9-12)11-5-6-14(18-3)15(8-11)19-4;1-11(2)13-3-4-15-14(16-13)18-7-5-17(6-8-18)12-9-19-10-12;1-11(2)13-5-6-15-14(16-13)18-9-7-17(8-10-18)12-3-4-12;1-10(2)12-5-6-14-13(15-12)17-8-7-16(4)9-11(17)3;1-9(2)11-5-6-13-12(14-11)16-7-10(8-16)15(3)4;1-9(2)11-3-6-13-12(14-11)10-4-7-15-8-5-10/h5-10H,1-4H3;5-10H,1-4H3;3-4,11-12H,5-10H2,1-2H3;5-6,11-12H,3-4,7-10H2,1-2H3;5-6,10-11H,7-9H2,1-4H3;5-6,9-10H,7-8H2,1-4H3;3,6,9-10H,4-5,7-8H2,1-2H3/t;;;;11-;;/m....0../s1. The molecule has 17 rings (SSSR count). The van der Waals surface area contributed by atoms with Gasteiger partial charge in [-0.2, -0.15) is 25.5 Å². The van der Waals surface area contributed by atoms with Gasteiger partial charge < -0.3 is 48.3 Å². The molecule has 0 radical (unpaired) electrons. The summed E-state index contributed by atoms with van der Waals surface area (Å²) in [6.45, 7) is 51.9. The first-order valence-electron chi connectivity index (χ1n) is 45.1. The van der Waals surface area contributed by atoms with Gasteiger partial charge in [0.05, 0.1) is 68.5 Å². The molecule has 1 aliphatic carbocycles. The number of aromatic nitrogens is 16. The molecule has 6 saturated heterocycles. The Balaban J connectivity index is 0.000000141. The van der Waals surface area contributed by atoms with Crippen molar-refractivity contribution in [3.63, 3.8) is 0 Å². The average Bonchev–Trinajstić information content (AvgIpc) is 1.16. The number of ether oxygens (including phenoxy) is 4. The lowest BCUT2D eigenvalue weighted by atomic mass is 9.99. The smallest absolute Gasteiger partial charge is 0.225 e. The first-order valence-corrected chi connectivity index (χ1v) is 45.1. The first-order chi connectivity index (χ1) is 59.6. The lowest BCUT2D eigenvalue weighted by Crippen LogP contribution is -2.58. The molecule has 1 saturated carbocycles. The second-order valence-corrected chi connectivity index (χ2v) is 36.0. The van der Waals surface area contributed by atoms with E-state index in [1.165, 1.54) is 37.1 Å². The van der Waals surface area contributed by atoms with Crippen LogP contribution in [-0.4, -0.2) is 271 Å². The zero-order valence-electron chi connectivity index (χ0n) is 78.2. The molecule has 0 N–H and O–H groups in total. The Morgan fingerprint density at radius 1 is 0.444 bits per heavy atom. The van der Waals surface area contributed by atoms with Gasteiger partial charge in [0.1, 0.15) is 5.82 Å². The topological polar surface area (TPSA) is 261 Å². The summed E-state index contributed by atoms with van der Waals surface area (Å²) in [5, 5.41) is 22.2. The van der Waals surface area contributed by atoms with Gasteiger partial charge in [-0.3, -0.25) is 14.5 Å². The van der Waals surface area contributed by atoms with Gasteiger partial charge >= 0.3 is 0 Å². The summed E-state index contributed by atoms with van der Waals surface area (Å²) in [6, 6.07) is 28.9. The van der Waals surface area contributed by atoms with Crippen LogP contribution in [0.25, 0.3) is 33.4 Å². The molecule has 0 spiro atoms. The highest BCUT2D eigenvalue weighted by Gasteiger charge is 2.34. The van der Waals surface area contributed by atoms with Crippen LogP contribution in [0, 0.1) is 6.92 Å². The van der Waals surface area contributed by atoms with Crippen LogP contribution >= 0.6 is 0 Å². The maximum atomic E-state index is 5.34. The number of anilines is 4. The van der Waals surface area contributed by atoms with Crippen LogP contribution in [-0.2, 0) is 16.5 Å². The Morgan fingerprint density at radius 3 is 1.43 bits per heavy atom. The van der Waals surface area contributed by atoms with Crippen molar-refractivity contribution in [1.82, 2.24) is 99.6 Å². The molecule has 668 valence electrons. The summed E-state index contributed by atoms with van der Waals surface area (Å²) in [4.78, 5) is 64.1. The van der Waals surface area contributed by atoms with Crippen LogP contribution in [0.3, 0.4) is 0 Å². The van der Waals surface area contributed by atoms with Crippen LogP contribution in [0.1, 0.15) is 228 Å². The van der Waals surface area contributed by atoms with Gasteiger partial charge in [0.2, 0.25) is 23.8 Å². The van der Waals surface area contributed by atoms with E-state index in [4.69, 9.17) is 18.9 Å². The second-order valence-electron chi connectivity index (χ2n) is 36.0. The molecule has 7 aliphatic rings. The largest absolute Gasteiger partial charge is 0.493 e. The van der Waals surface area contributed by atoms with E-state index in [1.54, 1.807) is 20.4 Å². The number of nitrogens with zero attached hydrogens (tertiary/aromatic N) is 24. The van der Waals surface area contributed by atoms with E-state index in [2.05, 4.69) is 270 Å². The molecule has 0 bridgehead atoms. The summed E-state index contributed by atoms with van der Waals surface area (Å²) in [7, 11) is 11.6. The fourth-order valence-corrected chi connectivity index (χ4v) is 15.4. The number of piperazine rings is 3. The van der Waals surface area contributed by atoms with Crippen molar-refractivity contribution in [2.24, 2.45) is 7.05 Å². The zero-order chi connectivity index (χ0) is 88.7. The molecule has 14 heterocycles. The molecule has 1 atom stereocenters. The maximum absolute atomic E-state index is 5.34. The highest BCUT2D eigenvalue weighted by molar-refractivity contribution is 5.84. The highest BCUT2D eigenvalue weighted by atomic mass is 16.5. The Labute approximate surface area is 738 Å². The summed E-state index contributed by atoms with van der Waals surface area (Å²) < 4.78 is 23.0. The quantitative estimate of drug-likeness (QED) is 0.0728. The number of benzene rings is 2. The first kappa shape index (κ1) is 94.7. The third-order valence-electron chi connectivity index (χ3n) is 24.0. The fraction of sp³-hybridized carbons (Fsp3) is 0.573. The second kappa shape index (κ2) is 45.8. The van der Waals surface area contributed by atoms with Crippen LogP contribution in [0.4, 0.5) is 23.8 Å². The Bertz CT molecular complexity index is 4910. The van der Waals surface area contributed by atoms with Crippen molar-refractivity contribution in [2.75, 3.05) is 166 Å². The number of methoxy groups -OCH3 is 2. The molecule has 0 amide bonds. The molecular formula is C96H140N24O4. The van der Waals surface area contributed by atoms with E-state index in [0.717, 1.165) is 215 Å². The van der Waals surface area contributed by atoms with Crippen molar-refractivity contribution >= 4 is 34.7 Å². The van der Waals surface area contributed by atoms with Crippen LogP contribution < -0.4 is 29.1 Å². The minimum absolute atomic E-state index is 0.425. The molecule has 124 heavy (non-hydrogen) atoms. The summed E-state index contributed by atoms with van der Waals surface area (Å²) in [6.07, 6.45) is 18.0. The number of likely N-dealkylation sites (N-methyl/N-ethyl adjacent to an activating group) is 2. The van der Waals surface area contributed by atoms with Gasteiger partial charge in [-0.25, -0.2) is 49.8 Å². The molecule has 10 aromatic rings. The van der Waals surface area contributed by atoms with E-state index in [-0.39, 0.29) is 0 Å². The van der Waals surface area contributed by atoms with Crippen LogP contribution in [0.2, 0.25) is 0 Å². The lowest BCUT2D eigenvalue weighted by molar-refractivity contribution is -0.0661. The summed E-state index contributed by atoms with van der Waals surface area (Å²) in [5.41, 5.74) is 14.0. The van der Waals surface area contributed by atoms with Crippen molar-refractivity contribution in [3.8, 4) is 34.0 Å². The van der Waals surface area contributed by atoms with Crippen molar-refractivity contribution in [1.29, 1.82) is 0 Å². The Kier molecular flexibility index (Phi) is 35.0. The maximum Gasteiger partial charge on any atom is 0.225 e. The minimum Gasteiger partial charge on any atom is -0.493 e. The van der Waals surface area contributed by atoms with Gasteiger partial charge in [0, 0.05) is 205 Å². The predicted octanol–water partition coefficient (Wildman–Crippen LogP) is 15.3. The third kappa shape index (κ3) is 26.6. The number of hydrogen-bond acceptors (Lipinski definition) is 27. The number of fused-ring (bicyclic) bond motifs is 1. The lowest BCUT2D eigenvalue weighted by Gasteiger charge is -2.42. The van der Waals surface area contributed by atoms with E-state index in [1.807, 2.05) is 104 Å². The molecule has 2 aromatic carbocycles. The number of rotatable bonds is 19. The number of hydrogen-bond donors (Lipinski definition) is 0. The summed E-state index contributed by atoms with van der Waals surface area (Å²) in [5.74, 6) is 9.67. The van der Waals surface area contributed by atoms with Gasteiger partial charge in [0.15, 0.2) is 11.5 Å². The van der Waals surface area contributed by atoms with E-state index >= 15 is 0 Å². The van der Waals surface area contributed by atoms with E-state index in [0.29, 0.717) is 77.0 Å². The monoisotopic (exact) mass is 1690 g/mol. The van der Waals surface area contributed by atoms with Crippen LogP contribution in [0.15, 0.2) is 122 Å². The molecule has 28 nitrogen and oxygen atoms in total. The predicted molar refractivity (Wildman–Crippen MR) is 498 cm³/mol. The zero-order valence-corrected chi connectivity index (χ0v) is 78.2. The molecular weight excluding hydrogens is 1550 g/mol. The van der Waals surface area contributed by atoms with Crippen molar-refractivity contribution < 1.29 is 18.9 Å². The van der Waals surface area contributed by atoms with Crippen molar-refractivity contribution in [3.05, 3.63) is 173 Å². The normalized spacial score (nSPS) is 17.4.